The van der Waals surface area contributed by atoms with Gasteiger partial charge in [-0.15, -0.1) is 26.3 Å². The van der Waals surface area contributed by atoms with Crippen LogP contribution in [-0.4, -0.2) is 12.7 Å². The number of fused-ring (bicyclic) bond motifs is 4. The average Bonchev–Trinajstić information content (AvgIpc) is 0.783. The highest BCUT2D eigenvalue weighted by Crippen LogP contribution is 2.39. The minimum absolute atomic E-state index is 0.0175. The van der Waals surface area contributed by atoms with Gasteiger partial charge in [0.15, 0.2) is 75.6 Å². The number of benzene rings is 11. The van der Waals surface area contributed by atoms with Crippen LogP contribution in [0.25, 0.3) is 43.1 Å². The molecule has 32 heteroatoms. The van der Waals surface area contributed by atoms with Crippen molar-refractivity contribution < 1.29 is 141 Å². The smallest absolute Gasteiger partial charge is 0.399 e. The monoisotopic (exact) mass is 1470 g/mol. The van der Waals surface area contributed by atoms with E-state index in [1.54, 1.807) is 39.8 Å². The molecule has 11 aromatic carbocycles. The first kappa shape index (κ1) is 81.6. The number of halogens is 30. The molecule has 0 heterocycles. The normalized spacial score (nSPS) is 11.4. The zero-order chi connectivity index (χ0) is 76.6. The van der Waals surface area contributed by atoms with Crippen LogP contribution in [0.3, 0.4) is 0 Å². The Hall–Kier alpha value is -10.0. The van der Waals surface area contributed by atoms with E-state index in [1.165, 1.54) is 69.3 Å². The largest absolute Gasteiger partial charge is 0.573 e. The van der Waals surface area contributed by atoms with Crippen LogP contribution in [0.1, 0.15) is 50.1 Å². The fraction of sp³-hybridized carbons (Fsp3) is 0.159. The van der Waals surface area contributed by atoms with Gasteiger partial charge in [-0.25, -0.2) is 79.0 Å². The lowest BCUT2D eigenvalue weighted by atomic mass is 10.0. The molecule has 0 fully saturated rings. The van der Waals surface area contributed by atoms with E-state index in [1.807, 2.05) is 0 Å². The molecule has 0 saturated heterocycles. The van der Waals surface area contributed by atoms with Gasteiger partial charge in [-0.05, 0) is 159 Å². The first-order valence-corrected chi connectivity index (χ1v) is 27.6. The molecule has 0 radical (unpaired) electrons. The van der Waals surface area contributed by atoms with Crippen molar-refractivity contribution in [3.63, 3.8) is 0 Å². The molecule has 0 amide bonds. The highest BCUT2D eigenvalue weighted by Gasteiger charge is 2.40. The predicted octanol–water partition coefficient (Wildman–Crippen LogP) is 24.9. The molecule has 0 aliphatic rings. The van der Waals surface area contributed by atoms with Crippen LogP contribution >= 0.6 is 0 Å². The van der Waals surface area contributed by atoms with Crippen LogP contribution < -0.4 is 9.47 Å². The number of hydrogen-bond donors (Lipinski definition) is 0. The van der Waals surface area contributed by atoms with E-state index in [2.05, 4.69) is 9.47 Å². The van der Waals surface area contributed by atoms with E-state index in [-0.39, 0.29) is 43.4 Å². The third-order valence-corrected chi connectivity index (χ3v) is 13.1. The number of ether oxygens (including phenoxy) is 2. The summed E-state index contributed by atoms with van der Waals surface area (Å²) in [6, 6.07) is 23.6. The molecular weight excluding hydrogens is 1430 g/mol. The molecule has 0 aliphatic carbocycles. The van der Waals surface area contributed by atoms with Gasteiger partial charge in [0, 0.05) is 16.2 Å². The fourth-order valence-corrected chi connectivity index (χ4v) is 8.86. The molecule has 0 aromatic heterocycles. The molecule has 11 rings (SSSR count). The van der Waals surface area contributed by atoms with Crippen LogP contribution in [-0.2, 0) is 12.4 Å². The number of rotatable bonds is 2. The Balaban J connectivity index is 0.000000214. The van der Waals surface area contributed by atoms with Crippen molar-refractivity contribution >= 4 is 43.1 Å². The third kappa shape index (κ3) is 21.7. The summed E-state index contributed by atoms with van der Waals surface area (Å²) in [7, 11) is 0. The summed E-state index contributed by atoms with van der Waals surface area (Å²) in [4.78, 5) is 0. The molecule has 101 heavy (non-hydrogen) atoms. The maximum absolute atomic E-state index is 13.7. The lowest BCUT2D eigenvalue weighted by molar-refractivity contribution is -0.277. The van der Waals surface area contributed by atoms with Crippen molar-refractivity contribution in [2.75, 3.05) is 0 Å². The standard InChI is InChI=1S/C12H7F5O.C12H7F5.C11H6F4.C11H7F3.C8H5F5O.C8H5F5.C7H5F3/c1-6-2-3-8-7(4-6)5-9(13)11(10(8)14)18-12(15,16)17;1-6-2-3-8-7(4-6)5-9(13)10(11(8)14)12(15,16)17;1-5-2-6-4-8(13)10(14)11(15)9(6)7(12)3-5;1-6-2-3-8-7(4-6)5-9(12)11(14)10(8)13;1-4-2-5(9)7(6(10)3-4)14-8(11,12)13;1-4-2-5(9)7(6(10)3-4)8(11,12)13;1-4-2-5(8)7(10)6(9)3-4/h2-5H,1H3;2-5H,1H3;2-4H,1H3;2-5H,1H3;2-3H,1H3;2-3H,1H3;2-3H,1H3. The van der Waals surface area contributed by atoms with Crippen molar-refractivity contribution in [1.29, 1.82) is 0 Å². The Morgan fingerprint density at radius 2 is 0.495 bits per heavy atom. The molecule has 0 saturated carbocycles. The maximum atomic E-state index is 13.7. The first-order chi connectivity index (χ1) is 46.4. The summed E-state index contributed by atoms with van der Waals surface area (Å²) in [5.74, 6) is -27.4. The molecule has 0 spiro atoms. The Morgan fingerprint density at radius 3 is 0.901 bits per heavy atom. The maximum Gasteiger partial charge on any atom is 0.573 e. The molecular formula is C69H42F30O2. The van der Waals surface area contributed by atoms with Gasteiger partial charge in [0.25, 0.3) is 0 Å². The van der Waals surface area contributed by atoms with Crippen molar-refractivity contribution in [2.45, 2.75) is 73.5 Å². The topological polar surface area (TPSA) is 18.5 Å². The van der Waals surface area contributed by atoms with Gasteiger partial charge >= 0.3 is 25.1 Å². The lowest BCUT2D eigenvalue weighted by Crippen LogP contribution is -2.19. The van der Waals surface area contributed by atoms with Gasteiger partial charge in [-0.1, -0.05) is 77.4 Å². The minimum Gasteiger partial charge on any atom is -0.399 e. The zero-order valence-corrected chi connectivity index (χ0v) is 51.8. The molecule has 0 atom stereocenters. The molecule has 0 bridgehead atoms. The van der Waals surface area contributed by atoms with Gasteiger partial charge < -0.3 is 9.47 Å². The first-order valence-electron chi connectivity index (χ1n) is 27.6. The second kappa shape index (κ2) is 32.5. The fourth-order valence-electron chi connectivity index (χ4n) is 8.86. The summed E-state index contributed by atoms with van der Waals surface area (Å²) in [5.41, 5.74) is -0.156. The quantitative estimate of drug-likeness (QED) is 0.127. The number of alkyl halides is 12. The Bertz CT molecular complexity index is 4770. The minimum atomic E-state index is -5.14. The highest BCUT2D eigenvalue weighted by atomic mass is 19.4. The molecule has 0 N–H and O–H groups in total. The SMILES string of the molecule is Cc1cc(F)c(C(F)(F)F)c(F)c1.Cc1cc(F)c(F)c(F)c1.Cc1cc(F)c(OC(F)(F)F)c(F)c1.Cc1cc(F)c2c(F)c(F)c(F)cc2c1.Cc1ccc2c(F)c(C(F)(F)F)c(F)cc2c1.Cc1ccc2c(F)c(F)c(F)cc2c1.Cc1ccc2c(F)c(OC(F)(F)F)c(F)cc2c1. The third-order valence-electron chi connectivity index (χ3n) is 13.1. The van der Waals surface area contributed by atoms with Crippen LogP contribution in [0.5, 0.6) is 11.5 Å². The van der Waals surface area contributed by atoms with E-state index in [9.17, 15) is 132 Å². The lowest BCUT2D eigenvalue weighted by Gasteiger charge is -2.12. The van der Waals surface area contributed by atoms with Crippen molar-refractivity contribution in [3.05, 3.63) is 282 Å². The second-order valence-electron chi connectivity index (χ2n) is 21.3. The Morgan fingerprint density at radius 1 is 0.218 bits per heavy atom. The molecule has 540 valence electrons. The zero-order valence-electron chi connectivity index (χ0n) is 51.8. The Kier molecular flexibility index (Phi) is 26.3. The van der Waals surface area contributed by atoms with Gasteiger partial charge in [-0.3, -0.25) is 0 Å². The van der Waals surface area contributed by atoms with Crippen LogP contribution in [0.15, 0.2) is 127 Å². The van der Waals surface area contributed by atoms with Gasteiger partial charge in [0.05, 0.1) is 5.39 Å². The summed E-state index contributed by atoms with van der Waals surface area (Å²) in [6.45, 7) is 10.9. The van der Waals surface area contributed by atoms with Gasteiger partial charge in [0.1, 0.15) is 40.2 Å². The molecule has 0 aliphatic heterocycles. The second-order valence-corrected chi connectivity index (χ2v) is 21.3. The van der Waals surface area contributed by atoms with E-state index in [0.29, 0.717) is 34.7 Å². The van der Waals surface area contributed by atoms with Crippen LogP contribution in [0.4, 0.5) is 132 Å². The highest BCUT2D eigenvalue weighted by molar-refractivity contribution is 5.87. The molecule has 2 nitrogen and oxygen atoms in total. The van der Waals surface area contributed by atoms with Crippen LogP contribution in [0, 0.1) is 153 Å². The van der Waals surface area contributed by atoms with E-state index in [4.69, 9.17) is 0 Å². The summed E-state index contributed by atoms with van der Waals surface area (Å²) in [5, 5.41) is -0.0719. The Labute approximate surface area is 550 Å². The van der Waals surface area contributed by atoms with E-state index < -0.39 is 158 Å². The average molecular weight is 1470 g/mol. The van der Waals surface area contributed by atoms with Crippen molar-refractivity contribution in [1.82, 2.24) is 0 Å². The van der Waals surface area contributed by atoms with Crippen LogP contribution in [0.2, 0.25) is 0 Å². The van der Waals surface area contributed by atoms with E-state index in [0.717, 1.165) is 65.2 Å². The predicted molar refractivity (Wildman–Crippen MR) is 311 cm³/mol. The summed E-state index contributed by atoms with van der Waals surface area (Å²) in [6.07, 6.45) is -20.3. The van der Waals surface area contributed by atoms with Crippen molar-refractivity contribution in [3.8, 4) is 11.5 Å². The van der Waals surface area contributed by atoms with Gasteiger partial charge in [0.2, 0.25) is 11.5 Å². The van der Waals surface area contributed by atoms with Gasteiger partial charge in [-0.2, -0.15) is 26.3 Å². The van der Waals surface area contributed by atoms with Crippen molar-refractivity contribution in [2.24, 2.45) is 0 Å². The number of aryl methyl sites for hydroxylation is 7. The summed E-state index contributed by atoms with van der Waals surface area (Å²) >= 11 is 0. The summed E-state index contributed by atoms with van der Waals surface area (Å²) < 4.78 is 383. The molecule has 11 aromatic rings. The number of hydrogen-bond acceptors (Lipinski definition) is 2. The molecule has 0 unspecified atom stereocenters. The van der Waals surface area contributed by atoms with E-state index >= 15 is 0 Å².